The number of hydrogen-bond donors (Lipinski definition) is 1. The number of benzene rings is 1. The first-order valence-electron chi connectivity index (χ1n) is 8.60. The maximum atomic E-state index is 12.5. The number of aromatic nitrogens is 1. The predicted octanol–water partition coefficient (Wildman–Crippen LogP) is 2.64. The summed E-state index contributed by atoms with van der Waals surface area (Å²) in [5, 5.41) is 9.67. The highest BCUT2D eigenvalue weighted by Gasteiger charge is 2.35. The molecule has 0 saturated carbocycles. The zero-order chi connectivity index (χ0) is 16.8. The molecule has 4 heteroatoms. The van der Waals surface area contributed by atoms with Crippen LogP contribution in [0.2, 0.25) is 0 Å². The summed E-state index contributed by atoms with van der Waals surface area (Å²) < 4.78 is 0. The second-order valence-electron chi connectivity index (χ2n) is 6.47. The number of hydrogen-bond acceptors (Lipinski definition) is 3. The van der Waals surface area contributed by atoms with Gasteiger partial charge in [-0.25, -0.2) is 0 Å². The summed E-state index contributed by atoms with van der Waals surface area (Å²) in [6.07, 6.45) is 5.90. The topological polar surface area (TPSA) is 53.4 Å². The van der Waals surface area contributed by atoms with Gasteiger partial charge in [-0.1, -0.05) is 30.3 Å². The average molecular weight is 324 g/mol. The van der Waals surface area contributed by atoms with E-state index in [2.05, 4.69) is 17.1 Å². The van der Waals surface area contributed by atoms with E-state index in [9.17, 15) is 9.90 Å². The van der Waals surface area contributed by atoms with E-state index in [0.29, 0.717) is 19.5 Å². The molecule has 2 aromatic rings. The van der Waals surface area contributed by atoms with E-state index in [1.54, 1.807) is 12.4 Å². The Morgan fingerprint density at radius 2 is 1.88 bits per heavy atom. The van der Waals surface area contributed by atoms with Crippen LogP contribution in [0.15, 0.2) is 54.9 Å². The first-order chi connectivity index (χ1) is 11.8. The van der Waals surface area contributed by atoms with Gasteiger partial charge in [0.2, 0.25) is 5.91 Å². The van der Waals surface area contributed by atoms with Crippen LogP contribution < -0.4 is 0 Å². The number of carbonyl (C=O) groups is 1. The van der Waals surface area contributed by atoms with E-state index >= 15 is 0 Å². The van der Waals surface area contributed by atoms with Gasteiger partial charge in [0.1, 0.15) is 0 Å². The first-order valence-corrected chi connectivity index (χ1v) is 8.60. The minimum absolute atomic E-state index is 0.112. The highest BCUT2D eigenvalue weighted by molar-refractivity contribution is 5.76. The number of nitrogens with zero attached hydrogens (tertiary/aromatic N) is 2. The van der Waals surface area contributed by atoms with Gasteiger partial charge in [-0.05, 0) is 36.1 Å². The molecular formula is C20H24N2O2. The van der Waals surface area contributed by atoms with Crippen LogP contribution in [0.25, 0.3) is 0 Å². The first kappa shape index (κ1) is 16.7. The molecule has 2 heterocycles. The van der Waals surface area contributed by atoms with Crippen molar-refractivity contribution >= 4 is 5.91 Å². The third-order valence-corrected chi connectivity index (χ3v) is 4.86. The van der Waals surface area contributed by atoms with E-state index in [4.69, 9.17) is 0 Å². The van der Waals surface area contributed by atoms with E-state index in [1.165, 1.54) is 5.56 Å². The average Bonchev–Trinajstić information content (AvgIpc) is 3.08. The number of amides is 1. The second-order valence-corrected chi connectivity index (χ2v) is 6.47. The highest BCUT2D eigenvalue weighted by Crippen LogP contribution is 2.32. The van der Waals surface area contributed by atoms with E-state index in [-0.39, 0.29) is 24.3 Å². The SMILES string of the molecule is O=C(CCCc1ccccc1)N1C[C@@H](CO)[C@H](c2ccncc2)C1. The number of likely N-dealkylation sites (tertiary alicyclic amines) is 1. The summed E-state index contributed by atoms with van der Waals surface area (Å²) in [6, 6.07) is 14.2. The molecule has 1 aromatic heterocycles. The standard InChI is InChI=1S/C20H24N2O2/c23-15-18-13-22(14-19(18)17-9-11-21-12-10-17)20(24)8-4-7-16-5-2-1-3-6-16/h1-3,5-6,9-12,18-19,23H,4,7-8,13-15H2/t18-,19-/m0/s1. The van der Waals surface area contributed by atoms with Crippen LogP contribution in [-0.2, 0) is 11.2 Å². The molecule has 1 aliphatic rings. The summed E-state index contributed by atoms with van der Waals surface area (Å²) >= 11 is 0. The molecule has 1 saturated heterocycles. The predicted molar refractivity (Wildman–Crippen MR) is 93.5 cm³/mol. The lowest BCUT2D eigenvalue weighted by molar-refractivity contribution is -0.130. The Morgan fingerprint density at radius 3 is 2.58 bits per heavy atom. The third kappa shape index (κ3) is 4.01. The molecule has 0 aliphatic carbocycles. The number of pyridine rings is 1. The molecule has 1 aliphatic heterocycles. The molecule has 126 valence electrons. The zero-order valence-electron chi connectivity index (χ0n) is 13.8. The maximum Gasteiger partial charge on any atom is 0.222 e. The van der Waals surface area contributed by atoms with Crippen LogP contribution in [0, 0.1) is 5.92 Å². The van der Waals surface area contributed by atoms with Crippen molar-refractivity contribution in [3.8, 4) is 0 Å². The molecule has 1 N–H and O–H groups in total. The Kier molecular flexibility index (Phi) is 5.59. The number of aryl methyl sites for hydroxylation is 1. The molecule has 2 atom stereocenters. The molecule has 0 bridgehead atoms. The lowest BCUT2D eigenvalue weighted by atomic mass is 9.90. The van der Waals surface area contributed by atoms with Gasteiger partial charge in [-0.2, -0.15) is 0 Å². The van der Waals surface area contributed by atoms with Crippen molar-refractivity contribution in [2.75, 3.05) is 19.7 Å². The molecule has 1 fully saturated rings. The normalized spacial score (nSPS) is 20.3. The Balaban J connectivity index is 1.54. The van der Waals surface area contributed by atoms with Gasteiger partial charge in [0.05, 0.1) is 0 Å². The fourth-order valence-electron chi connectivity index (χ4n) is 3.49. The summed E-state index contributed by atoms with van der Waals surface area (Å²) in [5.41, 5.74) is 2.43. The molecule has 0 spiro atoms. The molecule has 4 nitrogen and oxygen atoms in total. The smallest absolute Gasteiger partial charge is 0.222 e. The van der Waals surface area contributed by atoms with Gasteiger partial charge < -0.3 is 10.0 Å². The van der Waals surface area contributed by atoms with Crippen molar-refractivity contribution in [2.45, 2.75) is 25.2 Å². The van der Waals surface area contributed by atoms with E-state index in [0.717, 1.165) is 18.4 Å². The van der Waals surface area contributed by atoms with Gasteiger partial charge in [0, 0.05) is 50.3 Å². The zero-order valence-corrected chi connectivity index (χ0v) is 13.8. The van der Waals surface area contributed by atoms with Crippen molar-refractivity contribution in [3.05, 3.63) is 66.0 Å². The van der Waals surface area contributed by atoms with Crippen molar-refractivity contribution in [2.24, 2.45) is 5.92 Å². The summed E-state index contributed by atoms with van der Waals surface area (Å²) in [7, 11) is 0. The number of aliphatic hydroxyl groups excluding tert-OH is 1. The van der Waals surface area contributed by atoms with Crippen molar-refractivity contribution in [3.63, 3.8) is 0 Å². The van der Waals surface area contributed by atoms with Gasteiger partial charge in [-0.3, -0.25) is 9.78 Å². The summed E-state index contributed by atoms with van der Waals surface area (Å²) in [6.45, 7) is 1.45. The summed E-state index contributed by atoms with van der Waals surface area (Å²) in [5.74, 6) is 0.516. The fraction of sp³-hybridized carbons (Fsp3) is 0.400. The van der Waals surface area contributed by atoms with Gasteiger partial charge in [-0.15, -0.1) is 0 Å². The van der Waals surface area contributed by atoms with Crippen molar-refractivity contribution in [1.82, 2.24) is 9.88 Å². The molecular weight excluding hydrogens is 300 g/mol. The van der Waals surface area contributed by atoms with Gasteiger partial charge in [0.15, 0.2) is 0 Å². The van der Waals surface area contributed by atoms with Crippen LogP contribution in [0.4, 0.5) is 0 Å². The number of rotatable bonds is 6. The molecule has 3 rings (SSSR count). The van der Waals surface area contributed by atoms with Crippen molar-refractivity contribution < 1.29 is 9.90 Å². The van der Waals surface area contributed by atoms with Crippen molar-refractivity contribution in [1.29, 1.82) is 0 Å². The van der Waals surface area contributed by atoms with E-state index < -0.39 is 0 Å². The molecule has 0 unspecified atom stereocenters. The van der Waals surface area contributed by atoms with Gasteiger partial charge in [0.25, 0.3) is 0 Å². The van der Waals surface area contributed by atoms with Crippen LogP contribution >= 0.6 is 0 Å². The lowest BCUT2D eigenvalue weighted by Crippen LogP contribution is -2.29. The largest absolute Gasteiger partial charge is 0.396 e. The maximum absolute atomic E-state index is 12.5. The minimum atomic E-state index is 0.112. The van der Waals surface area contributed by atoms with Crippen LogP contribution in [0.5, 0.6) is 0 Å². The van der Waals surface area contributed by atoms with E-state index in [1.807, 2.05) is 35.2 Å². The number of carbonyl (C=O) groups excluding carboxylic acids is 1. The summed E-state index contributed by atoms with van der Waals surface area (Å²) in [4.78, 5) is 18.5. The molecule has 24 heavy (non-hydrogen) atoms. The van der Waals surface area contributed by atoms with Gasteiger partial charge >= 0.3 is 0 Å². The minimum Gasteiger partial charge on any atom is -0.396 e. The Labute approximate surface area is 143 Å². The fourth-order valence-corrected chi connectivity index (χ4v) is 3.49. The Bertz CT molecular complexity index is 645. The van der Waals surface area contributed by atoms with Crippen LogP contribution in [0.3, 0.4) is 0 Å². The Morgan fingerprint density at radius 1 is 1.12 bits per heavy atom. The quantitative estimate of drug-likeness (QED) is 0.889. The molecule has 1 amide bonds. The second kappa shape index (κ2) is 8.06. The molecule has 1 aromatic carbocycles. The van der Waals surface area contributed by atoms with Crippen LogP contribution in [-0.4, -0.2) is 40.6 Å². The lowest BCUT2D eigenvalue weighted by Gasteiger charge is -2.16. The number of aliphatic hydroxyl groups is 1. The molecule has 0 radical (unpaired) electrons. The van der Waals surface area contributed by atoms with Crippen LogP contribution in [0.1, 0.15) is 29.9 Å². The highest BCUT2D eigenvalue weighted by atomic mass is 16.3. The Hall–Kier alpha value is -2.20. The third-order valence-electron chi connectivity index (χ3n) is 4.86. The monoisotopic (exact) mass is 324 g/mol.